The second-order valence-electron chi connectivity index (χ2n) is 5.17. The minimum atomic E-state index is -0.582. The first-order valence-electron chi connectivity index (χ1n) is 5.86. The topological polar surface area (TPSA) is 29.1 Å². The minimum Gasteiger partial charge on any atom is -0.340 e. The van der Waals surface area contributed by atoms with Crippen molar-refractivity contribution in [3.8, 4) is 12.3 Å². The van der Waals surface area contributed by atoms with Gasteiger partial charge >= 0.3 is 0 Å². The normalized spacial score (nSPS) is 17.0. The van der Waals surface area contributed by atoms with Crippen LogP contribution in [0.3, 0.4) is 0 Å². The van der Waals surface area contributed by atoms with Crippen molar-refractivity contribution in [1.82, 2.24) is 5.32 Å². The Labute approximate surface area is 102 Å². The number of hydrogen-bond acceptors (Lipinski definition) is 1. The molecule has 0 radical (unpaired) electrons. The number of nitrogens with one attached hydrogen (secondary N) is 1. The molecule has 1 saturated carbocycles. The second-order valence-corrected chi connectivity index (χ2v) is 5.17. The van der Waals surface area contributed by atoms with Crippen LogP contribution in [0.4, 0.5) is 0 Å². The van der Waals surface area contributed by atoms with Gasteiger partial charge in [0.15, 0.2) is 0 Å². The largest absolute Gasteiger partial charge is 0.340 e. The standard InChI is InChI=1S/C15H17NO/c1-4-14(2,3)16-13(17)15(10-11-15)12-8-6-5-7-9-12/h1,5-9H,10-11H2,2-3H3,(H,16,17). The van der Waals surface area contributed by atoms with Crippen LogP contribution in [0.15, 0.2) is 30.3 Å². The Kier molecular flexibility index (Phi) is 2.71. The van der Waals surface area contributed by atoms with Crippen LogP contribution < -0.4 is 5.32 Å². The molecular formula is C15H17NO. The summed E-state index contributed by atoms with van der Waals surface area (Å²) in [7, 11) is 0. The molecule has 2 rings (SSSR count). The highest BCUT2D eigenvalue weighted by Gasteiger charge is 2.51. The minimum absolute atomic E-state index is 0.0478. The molecule has 0 spiro atoms. The lowest BCUT2D eigenvalue weighted by Crippen LogP contribution is -2.47. The summed E-state index contributed by atoms with van der Waals surface area (Å²) in [6.07, 6.45) is 7.20. The number of amides is 1. The zero-order valence-electron chi connectivity index (χ0n) is 10.3. The number of benzene rings is 1. The van der Waals surface area contributed by atoms with E-state index in [1.807, 2.05) is 44.2 Å². The van der Waals surface area contributed by atoms with E-state index in [2.05, 4.69) is 11.2 Å². The molecule has 0 bridgehead atoms. The van der Waals surface area contributed by atoms with E-state index >= 15 is 0 Å². The van der Waals surface area contributed by atoms with Gasteiger partial charge in [0, 0.05) is 0 Å². The first kappa shape index (κ1) is 11.7. The van der Waals surface area contributed by atoms with Crippen LogP contribution in [-0.4, -0.2) is 11.4 Å². The maximum Gasteiger partial charge on any atom is 0.231 e. The molecule has 2 heteroatoms. The molecule has 0 unspecified atom stereocenters. The Morgan fingerprint density at radius 1 is 1.35 bits per heavy atom. The second kappa shape index (κ2) is 3.92. The summed E-state index contributed by atoms with van der Waals surface area (Å²) < 4.78 is 0. The van der Waals surface area contributed by atoms with E-state index < -0.39 is 5.54 Å². The van der Waals surface area contributed by atoms with E-state index in [1.54, 1.807) is 0 Å². The van der Waals surface area contributed by atoms with Crippen molar-refractivity contribution in [2.75, 3.05) is 0 Å². The smallest absolute Gasteiger partial charge is 0.231 e. The summed E-state index contributed by atoms with van der Waals surface area (Å²) in [5.74, 6) is 2.64. The average Bonchev–Trinajstić information content (AvgIpc) is 3.11. The molecule has 17 heavy (non-hydrogen) atoms. The van der Waals surface area contributed by atoms with Gasteiger partial charge in [0.25, 0.3) is 0 Å². The maximum atomic E-state index is 12.3. The zero-order chi connectivity index (χ0) is 12.5. The van der Waals surface area contributed by atoms with E-state index in [0.29, 0.717) is 0 Å². The lowest BCUT2D eigenvalue weighted by molar-refractivity contribution is -0.124. The number of carbonyl (C=O) groups excluding carboxylic acids is 1. The maximum absolute atomic E-state index is 12.3. The number of rotatable bonds is 3. The molecule has 0 heterocycles. The predicted octanol–water partition coefficient (Wildman–Crippen LogP) is 2.25. The first-order chi connectivity index (χ1) is 8.00. The Bertz CT molecular complexity index is 463. The Morgan fingerprint density at radius 2 is 1.94 bits per heavy atom. The van der Waals surface area contributed by atoms with Gasteiger partial charge in [-0.1, -0.05) is 36.3 Å². The molecular weight excluding hydrogens is 210 g/mol. The molecule has 0 aliphatic heterocycles. The van der Waals surface area contributed by atoms with Crippen molar-refractivity contribution in [3.05, 3.63) is 35.9 Å². The van der Waals surface area contributed by atoms with Gasteiger partial charge in [0.2, 0.25) is 5.91 Å². The first-order valence-corrected chi connectivity index (χ1v) is 5.86. The average molecular weight is 227 g/mol. The molecule has 0 atom stereocenters. The summed E-state index contributed by atoms with van der Waals surface area (Å²) in [6, 6.07) is 9.91. The molecule has 1 aromatic rings. The summed E-state index contributed by atoms with van der Waals surface area (Å²) in [4.78, 5) is 12.3. The summed E-state index contributed by atoms with van der Waals surface area (Å²) >= 11 is 0. The molecule has 0 aromatic heterocycles. The highest BCUT2D eigenvalue weighted by Crippen LogP contribution is 2.48. The van der Waals surface area contributed by atoms with Crippen molar-refractivity contribution in [1.29, 1.82) is 0 Å². The van der Waals surface area contributed by atoms with Gasteiger partial charge in [-0.25, -0.2) is 0 Å². The van der Waals surface area contributed by atoms with Gasteiger partial charge in [-0.2, -0.15) is 0 Å². The Hall–Kier alpha value is -1.75. The molecule has 1 aliphatic rings. The fraction of sp³-hybridized carbons (Fsp3) is 0.400. The Balaban J connectivity index is 2.19. The third-order valence-electron chi connectivity index (χ3n) is 3.30. The molecule has 2 nitrogen and oxygen atoms in total. The van der Waals surface area contributed by atoms with Crippen LogP contribution in [0.5, 0.6) is 0 Å². The van der Waals surface area contributed by atoms with Crippen LogP contribution >= 0.6 is 0 Å². The van der Waals surface area contributed by atoms with Gasteiger partial charge in [-0.05, 0) is 32.3 Å². The molecule has 1 fully saturated rings. The Morgan fingerprint density at radius 3 is 2.41 bits per heavy atom. The monoisotopic (exact) mass is 227 g/mol. The van der Waals surface area contributed by atoms with Crippen LogP contribution in [0.2, 0.25) is 0 Å². The fourth-order valence-electron chi connectivity index (χ4n) is 1.97. The lowest BCUT2D eigenvalue weighted by Gasteiger charge is -2.24. The molecule has 0 saturated heterocycles. The van der Waals surface area contributed by atoms with Gasteiger partial charge in [-0.3, -0.25) is 4.79 Å². The van der Waals surface area contributed by atoms with Crippen LogP contribution in [-0.2, 0) is 10.2 Å². The molecule has 1 N–H and O–H groups in total. The van der Waals surface area contributed by atoms with Gasteiger partial charge in [0.05, 0.1) is 11.0 Å². The third kappa shape index (κ3) is 2.19. The highest BCUT2D eigenvalue weighted by atomic mass is 16.2. The third-order valence-corrected chi connectivity index (χ3v) is 3.30. The number of terminal acetylenes is 1. The summed E-state index contributed by atoms with van der Waals surface area (Å²) in [5.41, 5.74) is 0.168. The van der Waals surface area contributed by atoms with Crippen LogP contribution in [0.25, 0.3) is 0 Å². The van der Waals surface area contributed by atoms with Crippen molar-refractivity contribution in [3.63, 3.8) is 0 Å². The SMILES string of the molecule is C#CC(C)(C)NC(=O)C1(c2ccccc2)CC1. The van der Waals surface area contributed by atoms with Gasteiger partial charge in [0.1, 0.15) is 0 Å². The van der Waals surface area contributed by atoms with Gasteiger partial charge in [-0.15, -0.1) is 6.42 Å². The molecule has 88 valence electrons. The van der Waals surface area contributed by atoms with Crippen LogP contribution in [0.1, 0.15) is 32.3 Å². The van der Waals surface area contributed by atoms with E-state index in [9.17, 15) is 4.79 Å². The van der Waals surface area contributed by atoms with E-state index in [4.69, 9.17) is 6.42 Å². The molecule has 1 aliphatic carbocycles. The quantitative estimate of drug-likeness (QED) is 0.788. The molecule has 1 aromatic carbocycles. The van der Waals surface area contributed by atoms with Crippen molar-refractivity contribution < 1.29 is 4.79 Å². The summed E-state index contributed by atoms with van der Waals surface area (Å²) in [5, 5.41) is 2.93. The summed E-state index contributed by atoms with van der Waals surface area (Å²) in [6.45, 7) is 3.68. The molecule has 1 amide bonds. The van der Waals surface area contributed by atoms with Crippen molar-refractivity contribution in [2.45, 2.75) is 37.6 Å². The number of carbonyl (C=O) groups is 1. The zero-order valence-corrected chi connectivity index (χ0v) is 10.3. The van der Waals surface area contributed by atoms with Crippen LogP contribution in [0, 0.1) is 12.3 Å². The van der Waals surface area contributed by atoms with E-state index in [-0.39, 0.29) is 11.3 Å². The predicted molar refractivity (Wildman–Crippen MR) is 68.4 cm³/mol. The lowest BCUT2D eigenvalue weighted by atomic mass is 9.93. The van der Waals surface area contributed by atoms with Crippen molar-refractivity contribution >= 4 is 5.91 Å². The van der Waals surface area contributed by atoms with E-state index in [0.717, 1.165) is 18.4 Å². The fourth-order valence-corrected chi connectivity index (χ4v) is 1.97. The van der Waals surface area contributed by atoms with Gasteiger partial charge < -0.3 is 5.32 Å². The highest BCUT2D eigenvalue weighted by molar-refractivity contribution is 5.92. The number of hydrogen-bond donors (Lipinski definition) is 1. The van der Waals surface area contributed by atoms with E-state index in [1.165, 1.54) is 0 Å². The van der Waals surface area contributed by atoms with Crippen molar-refractivity contribution in [2.24, 2.45) is 0 Å².